The van der Waals surface area contributed by atoms with E-state index in [1.165, 1.54) is 11.1 Å². The molecule has 0 aliphatic carbocycles. The largest absolute Gasteiger partial charge is 0.357 e. The molecule has 2 aromatic heterocycles. The van der Waals surface area contributed by atoms with E-state index < -0.39 is 0 Å². The third kappa shape index (κ3) is 4.97. The van der Waals surface area contributed by atoms with Gasteiger partial charge < -0.3 is 10.2 Å². The van der Waals surface area contributed by atoms with Crippen LogP contribution in [0.2, 0.25) is 0 Å². The first-order chi connectivity index (χ1) is 14.7. The van der Waals surface area contributed by atoms with Gasteiger partial charge in [-0.25, -0.2) is 0 Å². The maximum atomic E-state index is 4.87. The molecule has 0 spiro atoms. The first kappa shape index (κ1) is 20.3. The lowest BCUT2D eigenvalue weighted by Gasteiger charge is -2.36. The highest BCUT2D eigenvalue weighted by molar-refractivity contribution is 5.80. The molecule has 1 aliphatic rings. The lowest BCUT2D eigenvalue weighted by atomic mass is 10.1. The number of benzene rings is 1. The summed E-state index contributed by atoms with van der Waals surface area (Å²) in [6, 6.07) is 14.8. The number of pyridine rings is 1. The van der Waals surface area contributed by atoms with Crippen molar-refractivity contribution in [3.63, 3.8) is 0 Å². The van der Waals surface area contributed by atoms with Crippen molar-refractivity contribution in [1.82, 2.24) is 29.7 Å². The highest BCUT2D eigenvalue weighted by atomic mass is 15.3. The number of nitrogens with zero attached hydrogens (tertiary/aromatic N) is 6. The van der Waals surface area contributed by atoms with Gasteiger partial charge in [0.2, 0.25) is 0 Å². The Morgan fingerprint density at radius 2 is 1.93 bits per heavy atom. The molecule has 7 nitrogen and oxygen atoms in total. The topological polar surface area (TPSA) is 61.1 Å². The first-order valence-electron chi connectivity index (χ1n) is 10.8. The molecule has 4 rings (SSSR count). The summed E-state index contributed by atoms with van der Waals surface area (Å²) in [5.74, 6) is 1.95. The van der Waals surface area contributed by atoms with Crippen molar-refractivity contribution < 1.29 is 0 Å². The number of piperazine rings is 1. The molecule has 3 heterocycles. The predicted octanol–water partition coefficient (Wildman–Crippen LogP) is 2.36. The number of aromatic nitrogens is 3. The molecule has 1 aliphatic heterocycles. The summed E-state index contributed by atoms with van der Waals surface area (Å²) in [4.78, 5) is 9.77. The van der Waals surface area contributed by atoms with Crippen molar-refractivity contribution >= 4 is 11.6 Å². The fourth-order valence-electron chi connectivity index (χ4n) is 3.94. The second-order valence-corrected chi connectivity index (χ2v) is 7.78. The average Bonchev–Trinajstić information content (AvgIpc) is 3.17. The number of fused-ring (bicyclic) bond motifs is 1. The predicted molar refractivity (Wildman–Crippen MR) is 121 cm³/mol. The summed E-state index contributed by atoms with van der Waals surface area (Å²) < 4.78 is 2.03. The highest BCUT2D eigenvalue weighted by Crippen LogP contribution is 2.11. The van der Waals surface area contributed by atoms with Gasteiger partial charge in [-0.2, -0.15) is 0 Å². The van der Waals surface area contributed by atoms with Gasteiger partial charge in [0.25, 0.3) is 0 Å². The van der Waals surface area contributed by atoms with Crippen molar-refractivity contribution in [3.8, 4) is 0 Å². The Labute approximate surface area is 178 Å². The van der Waals surface area contributed by atoms with Crippen molar-refractivity contribution in [1.29, 1.82) is 0 Å². The van der Waals surface area contributed by atoms with Gasteiger partial charge in [-0.15, -0.1) is 10.2 Å². The summed E-state index contributed by atoms with van der Waals surface area (Å²) in [7, 11) is 0. The number of rotatable bonds is 6. The van der Waals surface area contributed by atoms with E-state index >= 15 is 0 Å². The molecule has 3 aromatic rings. The quantitative estimate of drug-likeness (QED) is 0.504. The van der Waals surface area contributed by atoms with Crippen LogP contribution >= 0.6 is 0 Å². The highest BCUT2D eigenvalue weighted by Gasteiger charge is 2.19. The van der Waals surface area contributed by atoms with Crippen LogP contribution in [0.1, 0.15) is 23.9 Å². The Hall–Kier alpha value is -2.93. The Morgan fingerprint density at radius 1 is 1.07 bits per heavy atom. The molecule has 0 amide bonds. The number of aryl methyl sites for hydroxylation is 1. The van der Waals surface area contributed by atoms with E-state index in [2.05, 4.69) is 63.4 Å². The van der Waals surface area contributed by atoms with Crippen LogP contribution in [0.4, 0.5) is 0 Å². The Bertz CT molecular complexity index is 986. The molecule has 0 unspecified atom stereocenters. The fraction of sp³-hybridized carbons (Fsp3) is 0.435. The van der Waals surface area contributed by atoms with E-state index in [-0.39, 0.29) is 0 Å². The molecule has 1 saturated heterocycles. The number of hydrogen-bond acceptors (Lipinski definition) is 4. The molecule has 0 atom stereocenters. The van der Waals surface area contributed by atoms with Crippen molar-refractivity contribution in [2.24, 2.45) is 4.99 Å². The minimum atomic E-state index is 0.696. The van der Waals surface area contributed by atoms with Crippen LogP contribution in [0, 0.1) is 6.92 Å². The SMILES string of the molecule is CCNC(=NCCc1nnc2ccccn12)N1CCN(Cc2cccc(C)c2)CC1. The van der Waals surface area contributed by atoms with E-state index in [9.17, 15) is 0 Å². The second kappa shape index (κ2) is 9.71. The van der Waals surface area contributed by atoms with Gasteiger partial charge in [0.1, 0.15) is 5.82 Å². The van der Waals surface area contributed by atoms with Crippen LogP contribution < -0.4 is 5.32 Å². The molecular formula is C23H31N7. The van der Waals surface area contributed by atoms with Gasteiger partial charge in [-0.05, 0) is 31.5 Å². The molecule has 0 bridgehead atoms. The zero-order valence-corrected chi connectivity index (χ0v) is 18.0. The van der Waals surface area contributed by atoms with E-state index in [1.54, 1.807) is 0 Å². The first-order valence-corrected chi connectivity index (χ1v) is 10.8. The minimum absolute atomic E-state index is 0.696. The summed E-state index contributed by atoms with van der Waals surface area (Å²) in [5, 5.41) is 12.0. The standard InChI is InChI=1S/C23H31N7/c1-3-24-23(25-11-10-22-27-26-21-9-4-5-12-30(21)22)29-15-13-28(14-16-29)18-20-8-6-7-19(2)17-20/h4-9,12,17H,3,10-11,13-16,18H2,1-2H3,(H,24,25). The number of nitrogens with one attached hydrogen (secondary N) is 1. The van der Waals surface area contributed by atoms with Crippen LogP contribution in [0.25, 0.3) is 5.65 Å². The smallest absolute Gasteiger partial charge is 0.194 e. The second-order valence-electron chi connectivity index (χ2n) is 7.78. The van der Waals surface area contributed by atoms with Crippen molar-refractivity contribution in [3.05, 3.63) is 65.6 Å². The van der Waals surface area contributed by atoms with Gasteiger partial charge in [0, 0.05) is 58.4 Å². The molecule has 30 heavy (non-hydrogen) atoms. The maximum absolute atomic E-state index is 4.87. The van der Waals surface area contributed by atoms with Gasteiger partial charge in [-0.1, -0.05) is 35.9 Å². The summed E-state index contributed by atoms with van der Waals surface area (Å²) in [6.07, 6.45) is 2.78. The fourth-order valence-corrected chi connectivity index (χ4v) is 3.94. The monoisotopic (exact) mass is 405 g/mol. The van der Waals surface area contributed by atoms with Crippen molar-refractivity contribution in [2.75, 3.05) is 39.3 Å². The summed E-state index contributed by atoms with van der Waals surface area (Å²) >= 11 is 0. The Balaban J connectivity index is 1.32. The van der Waals surface area contributed by atoms with Crippen LogP contribution in [0.15, 0.2) is 53.7 Å². The van der Waals surface area contributed by atoms with Gasteiger partial charge >= 0.3 is 0 Å². The zero-order chi connectivity index (χ0) is 20.8. The Kier molecular flexibility index (Phi) is 6.59. The molecule has 7 heteroatoms. The molecule has 0 saturated carbocycles. The average molecular weight is 406 g/mol. The minimum Gasteiger partial charge on any atom is -0.357 e. The number of aliphatic imine (C=N–C) groups is 1. The lowest BCUT2D eigenvalue weighted by Crippen LogP contribution is -2.52. The zero-order valence-electron chi connectivity index (χ0n) is 18.0. The molecule has 0 radical (unpaired) electrons. The molecule has 1 fully saturated rings. The van der Waals surface area contributed by atoms with Crippen molar-refractivity contribution in [2.45, 2.75) is 26.8 Å². The van der Waals surface area contributed by atoms with Gasteiger partial charge in [0.15, 0.2) is 11.6 Å². The van der Waals surface area contributed by atoms with E-state index in [4.69, 9.17) is 4.99 Å². The third-order valence-electron chi connectivity index (χ3n) is 5.48. The maximum Gasteiger partial charge on any atom is 0.194 e. The van der Waals surface area contributed by atoms with Gasteiger partial charge in [0.05, 0.1) is 0 Å². The lowest BCUT2D eigenvalue weighted by molar-refractivity contribution is 0.172. The van der Waals surface area contributed by atoms with E-state index in [1.807, 2.05) is 28.8 Å². The van der Waals surface area contributed by atoms with Crippen LogP contribution in [-0.4, -0.2) is 69.6 Å². The van der Waals surface area contributed by atoms with Gasteiger partial charge in [-0.3, -0.25) is 14.3 Å². The van der Waals surface area contributed by atoms with Crippen LogP contribution in [-0.2, 0) is 13.0 Å². The Morgan fingerprint density at radius 3 is 2.73 bits per heavy atom. The molecule has 1 N–H and O–H groups in total. The normalized spacial score (nSPS) is 15.7. The van der Waals surface area contributed by atoms with Crippen LogP contribution in [0.3, 0.4) is 0 Å². The molecular weight excluding hydrogens is 374 g/mol. The summed E-state index contributed by atoms with van der Waals surface area (Å²) in [5.41, 5.74) is 3.60. The third-order valence-corrected chi connectivity index (χ3v) is 5.48. The number of hydrogen-bond donors (Lipinski definition) is 1. The van der Waals surface area contributed by atoms with E-state index in [0.29, 0.717) is 6.54 Å². The molecule has 1 aromatic carbocycles. The number of guanidine groups is 1. The summed E-state index contributed by atoms with van der Waals surface area (Å²) in [6.45, 7) is 10.9. The van der Waals surface area contributed by atoms with Crippen LogP contribution in [0.5, 0.6) is 0 Å². The molecule has 158 valence electrons. The van der Waals surface area contributed by atoms with E-state index in [0.717, 1.165) is 63.1 Å².